The molecule has 1 aliphatic heterocycles. The second-order valence-electron chi connectivity index (χ2n) is 2.76. The Morgan fingerprint density at radius 2 is 2.23 bits per heavy atom. The van der Waals surface area contributed by atoms with Gasteiger partial charge >= 0.3 is 0 Å². The van der Waals surface area contributed by atoms with Crippen LogP contribution in [-0.4, -0.2) is 17.0 Å². The van der Waals surface area contributed by atoms with Crippen molar-refractivity contribution in [3.63, 3.8) is 0 Å². The van der Waals surface area contributed by atoms with Crippen LogP contribution < -0.4 is 9.47 Å². The maximum Gasteiger partial charge on any atom is 0.231 e. The first kappa shape index (κ1) is 7.20. The molecule has 1 aromatic heterocycles. The minimum Gasteiger partial charge on any atom is -0.452 e. The number of benzene rings is 1. The third-order valence-corrected chi connectivity index (χ3v) is 2.60. The zero-order valence-electron chi connectivity index (χ0n) is 6.50. The van der Waals surface area contributed by atoms with E-state index in [1.807, 2.05) is 6.07 Å². The number of halogens is 1. The Balaban J connectivity index is 2.48. The summed E-state index contributed by atoms with van der Waals surface area (Å²) in [4.78, 5) is 0. The third-order valence-electron chi connectivity index (χ3n) is 2.01. The fraction of sp³-hybridized carbons (Fsp3) is 0.125. The number of H-pyrrole nitrogens is 1. The Bertz CT molecular complexity index is 480. The van der Waals surface area contributed by atoms with Crippen molar-refractivity contribution >= 4 is 26.8 Å². The molecule has 0 saturated heterocycles. The second-order valence-corrected chi connectivity index (χ2v) is 3.61. The van der Waals surface area contributed by atoms with E-state index >= 15 is 0 Å². The molecule has 0 aliphatic carbocycles. The van der Waals surface area contributed by atoms with Crippen molar-refractivity contribution in [2.45, 2.75) is 0 Å². The van der Waals surface area contributed by atoms with Gasteiger partial charge in [0.05, 0.1) is 10.7 Å². The Kier molecular flexibility index (Phi) is 1.32. The lowest BCUT2D eigenvalue weighted by molar-refractivity contribution is 0.174. The average molecular weight is 241 g/mol. The molecule has 4 nitrogen and oxygen atoms in total. The first-order chi connectivity index (χ1) is 6.36. The van der Waals surface area contributed by atoms with E-state index in [0.717, 1.165) is 26.9 Å². The summed E-state index contributed by atoms with van der Waals surface area (Å²) in [6.45, 7) is 0.270. The van der Waals surface area contributed by atoms with Gasteiger partial charge in [-0.2, -0.15) is 5.10 Å². The molecule has 0 bridgehead atoms. The minimum absolute atomic E-state index is 0.270. The smallest absolute Gasteiger partial charge is 0.231 e. The largest absolute Gasteiger partial charge is 0.452 e. The van der Waals surface area contributed by atoms with Crippen LogP contribution in [0, 0.1) is 0 Å². The van der Waals surface area contributed by atoms with E-state index in [2.05, 4.69) is 26.1 Å². The van der Waals surface area contributed by atoms with Gasteiger partial charge in [0.2, 0.25) is 6.79 Å². The van der Waals surface area contributed by atoms with Crippen LogP contribution in [0.25, 0.3) is 10.9 Å². The number of fused-ring (bicyclic) bond motifs is 3. The SMILES string of the molecule is Brc1cc2cn[nH]c2c2c1OCO2. The number of ether oxygens (including phenoxy) is 2. The molecule has 66 valence electrons. The quantitative estimate of drug-likeness (QED) is 0.767. The summed E-state index contributed by atoms with van der Waals surface area (Å²) in [5, 5.41) is 7.82. The number of nitrogens with one attached hydrogen (secondary N) is 1. The summed E-state index contributed by atoms with van der Waals surface area (Å²) in [5.74, 6) is 1.48. The molecule has 2 aromatic rings. The van der Waals surface area contributed by atoms with Crippen LogP contribution in [-0.2, 0) is 0 Å². The zero-order valence-corrected chi connectivity index (χ0v) is 8.09. The number of aromatic amines is 1. The van der Waals surface area contributed by atoms with E-state index in [-0.39, 0.29) is 6.79 Å². The summed E-state index contributed by atoms with van der Waals surface area (Å²) >= 11 is 3.41. The van der Waals surface area contributed by atoms with Crippen LogP contribution in [0.1, 0.15) is 0 Å². The lowest BCUT2D eigenvalue weighted by atomic mass is 10.2. The van der Waals surface area contributed by atoms with Crippen LogP contribution in [0.3, 0.4) is 0 Å². The van der Waals surface area contributed by atoms with E-state index in [9.17, 15) is 0 Å². The van der Waals surface area contributed by atoms with Crippen molar-refractivity contribution in [1.29, 1.82) is 0 Å². The molecule has 0 saturated carbocycles. The van der Waals surface area contributed by atoms with Gasteiger partial charge in [-0.15, -0.1) is 0 Å². The predicted molar refractivity (Wildman–Crippen MR) is 49.9 cm³/mol. The molecule has 1 aliphatic rings. The molecule has 13 heavy (non-hydrogen) atoms. The highest BCUT2D eigenvalue weighted by atomic mass is 79.9. The summed E-state index contributed by atoms with van der Waals surface area (Å²) in [6, 6.07) is 1.95. The minimum atomic E-state index is 0.270. The van der Waals surface area contributed by atoms with Gasteiger partial charge in [0.1, 0.15) is 5.52 Å². The van der Waals surface area contributed by atoms with Gasteiger partial charge in [-0.05, 0) is 22.0 Å². The standard InChI is InChI=1S/C8H5BrN2O2/c9-5-1-4-2-10-11-6(4)8-7(5)12-3-13-8/h1-2H,3H2,(H,10,11). The van der Waals surface area contributed by atoms with Crippen LogP contribution in [0.5, 0.6) is 11.5 Å². The highest BCUT2D eigenvalue weighted by Crippen LogP contribution is 2.43. The van der Waals surface area contributed by atoms with Gasteiger partial charge < -0.3 is 9.47 Å². The van der Waals surface area contributed by atoms with Gasteiger partial charge in [-0.25, -0.2) is 0 Å². The van der Waals surface area contributed by atoms with Crippen molar-refractivity contribution < 1.29 is 9.47 Å². The van der Waals surface area contributed by atoms with E-state index in [4.69, 9.17) is 9.47 Å². The molecule has 0 radical (unpaired) electrons. The summed E-state index contributed by atoms with van der Waals surface area (Å²) in [7, 11) is 0. The van der Waals surface area contributed by atoms with E-state index in [1.165, 1.54) is 0 Å². The molecular formula is C8H5BrN2O2. The molecule has 1 N–H and O–H groups in total. The zero-order chi connectivity index (χ0) is 8.84. The molecule has 0 fully saturated rings. The fourth-order valence-electron chi connectivity index (χ4n) is 1.43. The lowest BCUT2D eigenvalue weighted by Crippen LogP contribution is -1.93. The van der Waals surface area contributed by atoms with Gasteiger partial charge in [0.25, 0.3) is 0 Å². The summed E-state index contributed by atoms with van der Waals surface area (Å²) < 4.78 is 11.5. The number of rotatable bonds is 0. The lowest BCUT2D eigenvalue weighted by Gasteiger charge is -1.99. The molecular weight excluding hydrogens is 236 g/mol. The number of hydrogen-bond acceptors (Lipinski definition) is 3. The number of aromatic nitrogens is 2. The summed E-state index contributed by atoms with van der Waals surface area (Å²) in [6.07, 6.45) is 1.75. The van der Waals surface area contributed by atoms with Crippen LogP contribution >= 0.6 is 15.9 Å². The van der Waals surface area contributed by atoms with Gasteiger partial charge in [0.15, 0.2) is 11.5 Å². The molecule has 1 aromatic carbocycles. The predicted octanol–water partition coefficient (Wildman–Crippen LogP) is 2.05. The van der Waals surface area contributed by atoms with Crippen molar-refractivity contribution in [1.82, 2.24) is 10.2 Å². The normalized spacial score (nSPS) is 13.9. The molecule has 3 rings (SSSR count). The second kappa shape index (κ2) is 2.38. The van der Waals surface area contributed by atoms with Gasteiger partial charge in [-0.1, -0.05) is 0 Å². The average Bonchev–Trinajstić information content (AvgIpc) is 2.66. The molecule has 5 heteroatoms. The van der Waals surface area contributed by atoms with Crippen LogP contribution in [0.4, 0.5) is 0 Å². The molecule has 0 amide bonds. The Morgan fingerprint density at radius 3 is 3.15 bits per heavy atom. The van der Waals surface area contributed by atoms with Crippen molar-refractivity contribution in [3.8, 4) is 11.5 Å². The summed E-state index contributed by atoms with van der Waals surface area (Å²) in [5.41, 5.74) is 0.885. The van der Waals surface area contributed by atoms with Crippen molar-refractivity contribution in [3.05, 3.63) is 16.7 Å². The van der Waals surface area contributed by atoms with Crippen molar-refractivity contribution in [2.24, 2.45) is 0 Å². The molecule has 0 atom stereocenters. The van der Waals surface area contributed by atoms with Gasteiger partial charge in [0, 0.05) is 5.39 Å². The first-order valence-corrected chi connectivity index (χ1v) is 4.57. The molecule has 0 spiro atoms. The van der Waals surface area contributed by atoms with Gasteiger partial charge in [-0.3, -0.25) is 5.10 Å². The monoisotopic (exact) mass is 240 g/mol. The highest BCUT2D eigenvalue weighted by Gasteiger charge is 2.21. The van der Waals surface area contributed by atoms with E-state index in [0.29, 0.717) is 0 Å². The fourth-order valence-corrected chi connectivity index (χ4v) is 1.97. The van der Waals surface area contributed by atoms with Crippen LogP contribution in [0.2, 0.25) is 0 Å². The molecule has 2 heterocycles. The number of hydrogen-bond donors (Lipinski definition) is 1. The third kappa shape index (κ3) is 0.875. The van der Waals surface area contributed by atoms with Crippen LogP contribution in [0.15, 0.2) is 16.7 Å². The maximum atomic E-state index is 5.33. The Labute approximate surface area is 82.0 Å². The topological polar surface area (TPSA) is 47.1 Å². The highest BCUT2D eigenvalue weighted by molar-refractivity contribution is 9.10. The van der Waals surface area contributed by atoms with Crippen molar-refractivity contribution in [2.75, 3.05) is 6.79 Å². The Hall–Kier alpha value is -1.23. The molecule has 0 unspecified atom stereocenters. The number of nitrogens with zero attached hydrogens (tertiary/aromatic N) is 1. The van der Waals surface area contributed by atoms with E-state index in [1.54, 1.807) is 6.20 Å². The Morgan fingerprint density at radius 1 is 1.38 bits per heavy atom. The van der Waals surface area contributed by atoms with E-state index < -0.39 is 0 Å². The maximum absolute atomic E-state index is 5.33. The first-order valence-electron chi connectivity index (χ1n) is 3.77.